The van der Waals surface area contributed by atoms with E-state index in [9.17, 15) is 21.6 Å². The monoisotopic (exact) mass is 375 g/mol. The maximum atomic E-state index is 12.0. The zero-order valence-electron chi connectivity index (χ0n) is 10.5. The summed E-state index contributed by atoms with van der Waals surface area (Å²) in [6.45, 7) is 0. The van der Waals surface area contributed by atoms with Gasteiger partial charge in [0.25, 0.3) is 0 Å². The molecule has 0 heterocycles. The summed E-state index contributed by atoms with van der Waals surface area (Å²) in [5.74, 6) is -0.324. The van der Waals surface area contributed by atoms with Crippen LogP contribution < -0.4 is 9.46 Å². The van der Waals surface area contributed by atoms with Crippen molar-refractivity contribution in [2.24, 2.45) is 0 Å². The Kier molecular flexibility index (Phi) is 5.69. The smallest absolute Gasteiger partial charge is 0.389 e. The highest BCUT2D eigenvalue weighted by Crippen LogP contribution is 2.29. The lowest BCUT2D eigenvalue weighted by Crippen LogP contribution is -2.19. The standard InChI is InChI=1S/C11H13BrF3NO3S/c1-19-10-4-3-8(12)7-9(10)16-20(17,18)6-2-5-11(13,14)15/h3-4,7,16H,2,5-6H2,1H3. The van der Waals surface area contributed by atoms with E-state index in [1.807, 2.05) is 0 Å². The molecular formula is C11H13BrF3NO3S. The summed E-state index contributed by atoms with van der Waals surface area (Å²) >= 11 is 3.17. The molecule has 0 aromatic heterocycles. The minimum Gasteiger partial charge on any atom is -0.495 e. The van der Waals surface area contributed by atoms with Gasteiger partial charge in [-0.15, -0.1) is 0 Å². The van der Waals surface area contributed by atoms with Crippen molar-refractivity contribution in [2.45, 2.75) is 19.0 Å². The molecule has 0 spiro atoms. The van der Waals surface area contributed by atoms with Gasteiger partial charge in [0.15, 0.2) is 0 Å². The van der Waals surface area contributed by atoms with Gasteiger partial charge in [0, 0.05) is 10.9 Å². The van der Waals surface area contributed by atoms with Crippen LogP contribution in [0.1, 0.15) is 12.8 Å². The van der Waals surface area contributed by atoms with Crippen molar-refractivity contribution in [3.8, 4) is 5.75 Å². The molecule has 0 aliphatic rings. The average molecular weight is 376 g/mol. The molecule has 0 radical (unpaired) electrons. The third-order valence-corrected chi connectivity index (χ3v) is 4.15. The van der Waals surface area contributed by atoms with Gasteiger partial charge in [0.2, 0.25) is 10.0 Å². The lowest BCUT2D eigenvalue weighted by atomic mass is 10.3. The second kappa shape index (κ2) is 6.66. The van der Waals surface area contributed by atoms with Gasteiger partial charge in [-0.2, -0.15) is 13.2 Å². The summed E-state index contributed by atoms with van der Waals surface area (Å²) in [7, 11) is -2.49. The highest BCUT2D eigenvalue weighted by Gasteiger charge is 2.27. The van der Waals surface area contributed by atoms with E-state index in [0.29, 0.717) is 4.47 Å². The Morgan fingerprint density at radius 1 is 1.35 bits per heavy atom. The van der Waals surface area contributed by atoms with Gasteiger partial charge in [-0.3, -0.25) is 4.72 Å². The molecule has 0 aliphatic carbocycles. The van der Waals surface area contributed by atoms with E-state index < -0.39 is 34.8 Å². The summed E-state index contributed by atoms with van der Waals surface area (Å²) in [5, 5.41) is 0. The normalized spacial score (nSPS) is 12.2. The second-order valence-electron chi connectivity index (χ2n) is 3.98. The molecule has 0 aliphatic heterocycles. The van der Waals surface area contributed by atoms with Crippen molar-refractivity contribution < 1.29 is 26.3 Å². The van der Waals surface area contributed by atoms with E-state index >= 15 is 0 Å². The van der Waals surface area contributed by atoms with Crippen LogP contribution in [-0.4, -0.2) is 27.5 Å². The number of benzene rings is 1. The zero-order valence-corrected chi connectivity index (χ0v) is 12.9. The third kappa shape index (κ3) is 6.00. The number of sulfonamides is 1. The molecule has 1 aromatic rings. The average Bonchev–Trinajstić information content (AvgIpc) is 2.26. The Bertz CT molecular complexity index is 561. The van der Waals surface area contributed by atoms with Crippen LogP contribution >= 0.6 is 15.9 Å². The first-order valence-corrected chi connectivity index (χ1v) is 7.98. The minimum absolute atomic E-state index is 0.175. The van der Waals surface area contributed by atoms with Crippen molar-refractivity contribution in [2.75, 3.05) is 17.6 Å². The van der Waals surface area contributed by atoms with E-state index in [1.165, 1.54) is 19.2 Å². The quantitative estimate of drug-likeness (QED) is 0.827. The molecule has 0 bridgehead atoms. The second-order valence-corrected chi connectivity index (χ2v) is 6.74. The largest absolute Gasteiger partial charge is 0.495 e. The van der Waals surface area contributed by atoms with Crippen molar-refractivity contribution >= 4 is 31.6 Å². The number of methoxy groups -OCH3 is 1. The highest BCUT2D eigenvalue weighted by atomic mass is 79.9. The number of hydrogen-bond donors (Lipinski definition) is 1. The van der Waals surface area contributed by atoms with Gasteiger partial charge in [-0.1, -0.05) is 15.9 Å². The maximum Gasteiger partial charge on any atom is 0.389 e. The number of anilines is 1. The Morgan fingerprint density at radius 3 is 2.55 bits per heavy atom. The Hall–Kier alpha value is -0.960. The molecule has 0 saturated heterocycles. The zero-order chi connectivity index (χ0) is 15.4. The van der Waals surface area contributed by atoms with Gasteiger partial charge in [0.1, 0.15) is 5.75 Å². The van der Waals surface area contributed by atoms with Gasteiger partial charge in [0.05, 0.1) is 18.6 Å². The summed E-state index contributed by atoms with van der Waals surface area (Å²) in [6.07, 6.45) is -5.98. The summed E-state index contributed by atoms with van der Waals surface area (Å²) in [5.41, 5.74) is 0.175. The number of ether oxygens (including phenoxy) is 1. The van der Waals surface area contributed by atoms with Crippen LogP contribution in [0.3, 0.4) is 0 Å². The van der Waals surface area contributed by atoms with Gasteiger partial charge in [-0.05, 0) is 24.6 Å². The summed E-state index contributed by atoms with van der Waals surface area (Å²) in [4.78, 5) is 0. The maximum absolute atomic E-state index is 12.0. The Labute approximate surface area is 123 Å². The lowest BCUT2D eigenvalue weighted by molar-refractivity contribution is -0.134. The first-order chi connectivity index (χ1) is 9.13. The van der Waals surface area contributed by atoms with Gasteiger partial charge in [-0.25, -0.2) is 8.42 Å². The topological polar surface area (TPSA) is 55.4 Å². The van der Waals surface area contributed by atoms with E-state index in [0.717, 1.165) is 0 Å². The van der Waals surface area contributed by atoms with Crippen LogP contribution in [0.2, 0.25) is 0 Å². The van der Waals surface area contributed by atoms with Crippen LogP contribution in [0.15, 0.2) is 22.7 Å². The molecule has 0 amide bonds. The van der Waals surface area contributed by atoms with E-state index in [1.54, 1.807) is 6.07 Å². The van der Waals surface area contributed by atoms with E-state index in [-0.39, 0.29) is 11.4 Å². The van der Waals surface area contributed by atoms with Gasteiger partial charge >= 0.3 is 6.18 Å². The molecule has 4 nitrogen and oxygen atoms in total. The van der Waals surface area contributed by atoms with Crippen LogP contribution in [0.5, 0.6) is 5.75 Å². The van der Waals surface area contributed by atoms with Crippen LogP contribution in [0.25, 0.3) is 0 Å². The first kappa shape index (κ1) is 17.1. The number of alkyl halides is 3. The fourth-order valence-corrected chi connectivity index (χ4v) is 2.92. The lowest BCUT2D eigenvalue weighted by Gasteiger charge is -2.12. The van der Waals surface area contributed by atoms with Crippen LogP contribution in [0, 0.1) is 0 Å². The van der Waals surface area contributed by atoms with Crippen molar-refractivity contribution in [3.05, 3.63) is 22.7 Å². The highest BCUT2D eigenvalue weighted by molar-refractivity contribution is 9.10. The molecule has 1 aromatic carbocycles. The molecule has 0 atom stereocenters. The molecule has 0 fully saturated rings. The number of rotatable bonds is 6. The first-order valence-electron chi connectivity index (χ1n) is 5.54. The predicted molar refractivity (Wildman–Crippen MR) is 73.4 cm³/mol. The summed E-state index contributed by atoms with van der Waals surface area (Å²) in [6, 6.07) is 4.66. The third-order valence-electron chi connectivity index (χ3n) is 2.30. The molecule has 114 valence electrons. The fraction of sp³-hybridized carbons (Fsp3) is 0.455. The molecule has 1 N–H and O–H groups in total. The molecule has 0 unspecified atom stereocenters. The molecule has 20 heavy (non-hydrogen) atoms. The van der Waals surface area contributed by atoms with Crippen molar-refractivity contribution in [1.29, 1.82) is 0 Å². The Morgan fingerprint density at radius 2 is 2.00 bits per heavy atom. The Balaban J connectivity index is 2.74. The molecule has 0 saturated carbocycles. The number of hydrogen-bond acceptors (Lipinski definition) is 3. The van der Waals surface area contributed by atoms with Crippen molar-refractivity contribution in [1.82, 2.24) is 0 Å². The van der Waals surface area contributed by atoms with E-state index in [2.05, 4.69) is 20.7 Å². The molecule has 9 heteroatoms. The minimum atomic E-state index is -4.36. The molecule has 1 rings (SSSR count). The number of nitrogens with one attached hydrogen (secondary N) is 1. The predicted octanol–water partition coefficient (Wildman–Crippen LogP) is 3.54. The SMILES string of the molecule is COc1ccc(Br)cc1NS(=O)(=O)CCCC(F)(F)F. The number of halogens is 4. The van der Waals surface area contributed by atoms with Crippen LogP contribution in [0.4, 0.5) is 18.9 Å². The van der Waals surface area contributed by atoms with Crippen LogP contribution in [-0.2, 0) is 10.0 Å². The van der Waals surface area contributed by atoms with Crippen molar-refractivity contribution in [3.63, 3.8) is 0 Å². The fourth-order valence-electron chi connectivity index (χ4n) is 1.44. The molecular weight excluding hydrogens is 363 g/mol. The summed E-state index contributed by atoms with van der Waals surface area (Å²) < 4.78 is 67.2. The van der Waals surface area contributed by atoms with E-state index in [4.69, 9.17) is 4.74 Å². The van der Waals surface area contributed by atoms with Gasteiger partial charge < -0.3 is 4.74 Å².